The molecule has 0 saturated heterocycles. The number of ether oxygens (including phenoxy) is 2. The number of rotatable bonds is 10. The van der Waals surface area contributed by atoms with Crippen molar-refractivity contribution in [2.24, 2.45) is 4.99 Å². The molecule has 0 radical (unpaired) electrons. The van der Waals surface area contributed by atoms with Crippen LogP contribution in [0.4, 0.5) is 0 Å². The summed E-state index contributed by atoms with van der Waals surface area (Å²) in [6.45, 7) is 4.82. The van der Waals surface area contributed by atoms with E-state index < -0.39 is 0 Å². The summed E-state index contributed by atoms with van der Waals surface area (Å²) in [4.78, 5) is 17.4. The van der Waals surface area contributed by atoms with Gasteiger partial charge in [-0.25, -0.2) is 4.99 Å². The van der Waals surface area contributed by atoms with Crippen LogP contribution in [0.1, 0.15) is 18.9 Å². The lowest BCUT2D eigenvalue weighted by molar-refractivity contribution is -0.127. The van der Waals surface area contributed by atoms with Gasteiger partial charge >= 0.3 is 0 Å². The smallest absolute Gasteiger partial charge is 0.243 e. The number of carbonyl (C=O) groups excluding carboxylic acids is 1. The quantitative estimate of drug-likeness (QED) is 0.377. The van der Waals surface area contributed by atoms with Crippen molar-refractivity contribution in [3.05, 3.63) is 29.8 Å². The van der Waals surface area contributed by atoms with Crippen molar-refractivity contribution in [3.63, 3.8) is 0 Å². The fraction of sp³-hybridized carbons (Fsp3) is 0.556. The van der Waals surface area contributed by atoms with Crippen molar-refractivity contribution in [1.29, 1.82) is 0 Å². The van der Waals surface area contributed by atoms with E-state index >= 15 is 0 Å². The van der Waals surface area contributed by atoms with E-state index in [1.807, 2.05) is 31.2 Å². The number of methoxy groups -OCH3 is 1. The van der Waals surface area contributed by atoms with E-state index in [0.29, 0.717) is 19.2 Å². The minimum Gasteiger partial charge on any atom is -0.497 e. The molecule has 0 aliphatic rings. The Balaban J connectivity index is 2.22. The number of likely N-dealkylation sites (N-methyl/N-ethyl adjacent to an activating group) is 1. The highest BCUT2D eigenvalue weighted by atomic mass is 16.5. The number of benzene rings is 1. The topological polar surface area (TPSA) is 75.2 Å². The number of hydrogen-bond acceptors (Lipinski definition) is 4. The van der Waals surface area contributed by atoms with Crippen LogP contribution in [-0.4, -0.2) is 64.2 Å². The van der Waals surface area contributed by atoms with Crippen LogP contribution in [0.25, 0.3) is 0 Å². The Hall–Kier alpha value is -2.28. The zero-order valence-corrected chi connectivity index (χ0v) is 15.7. The predicted octanol–water partition coefficient (Wildman–Crippen LogP) is 1.25. The summed E-state index contributed by atoms with van der Waals surface area (Å²) >= 11 is 0. The second-order valence-corrected chi connectivity index (χ2v) is 5.66. The van der Waals surface area contributed by atoms with Crippen molar-refractivity contribution in [1.82, 2.24) is 15.5 Å². The zero-order valence-electron chi connectivity index (χ0n) is 15.7. The number of nitrogens with zero attached hydrogens (tertiary/aromatic N) is 2. The molecule has 25 heavy (non-hydrogen) atoms. The molecule has 0 aliphatic heterocycles. The second kappa shape index (κ2) is 12.1. The number of guanidine groups is 1. The zero-order chi connectivity index (χ0) is 18.5. The molecule has 0 heterocycles. The van der Waals surface area contributed by atoms with E-state index in [2.05, 4.69) is 15.6 Å². The summed E-state index contributed by atoms with van der Waals surface area (Å²) in [5.74, 6) is 1.46. The first-order chi connectivity index (χ1) is 12.1. The Bertz CT molecular complexity index is 530. The molecule has 0 atom stereocenters. The number of carbonyl (C=O) groups is 1. The summed E-state index contributed by atoms with van der Waals surface area (Å²) in [6, 6.07) is 7.84. The Morgan fingerprint density at radius 1 is 1.20 bits per heavy atom. The molecule has 1 amide bonds. The maximum absolute atomic E-state index is 11.6. The third-order valence-corrected chi connectivity index (χ3v) is 3.40. The molecule has 0 saturated carbocycles. The number of aliphatic imine (C=N–C) groups is 1. The lowest BCUT2D eigenvalue weighted by atomic mass is 10.2. The molecule has 0 aromatic heterocycles. The summed E-state index contributed by atoms with van der Waals surface area (Å²) in [7, 11) is 5.09. The van der Waals surface area contributed by atoms with E-state index in [1.165, 1.54) is 4.90 Å². The van der Waals surface area contributed by atoms with Crippen LogP contribution in [0.3, 0.4) is 0 Å². The molecule has 2 N–H and O–H groups in total. The first kappa shape index (κ1) is 20.8. The highest BCUT2D eigenvalue weighted by Gasteiger charge is 2.03. The van der Waals surface area contributed by atoms with Gasteiger partial charge in [0.25, 0.3) is 0 Å². The largest absolute Gasteiger partial charge is 0.497 e. The fourth-order valence-corrected chi connectivity index (χ4v) is 1.92. The molecule has 1 rings (SSSR count). The predicted molar refractivity (Wildman–Crippen MR) is 99.9 cm³/mol. The van der Waals surface area contributed by atoms with E-state index in [0.717, 1.165) is 30.8 Å². The van der Waals surface area contributed by atoms with E-state index in [4.69, 9.17) is 9.47 Å². The van der Waals surface area contributed by atoms with Gasteiger partial charge < -0.3 is 25.0 Å². The van der Waals surface area contributed by atoms with Gasteiger partial charge in [-0.3, -0.25) is 4.79 Å². The average molecular weight is 350 g/mol. The van der Waals surface area contributed by atoms with Crippen molar-refractivity contribution < 1.29 is 14.3 Å². The Kier molecular flexibility index (Phi) is 10.1. The van der Waals surface area contributed by atoms with Gasteiger partial charge in [0.05, 0.1) is 13.7 Å². The molecule has 7 heteroatoms. The summed E-state index contributed by atoms with van der Waals surface area (Å²) in [6.07, 6.45) is 0.849. The van der Waals surface area contributed by atoms with Gasteiger partial charge in [-0.1, -0.05) is 12.1 Å². The summed E-state index contributed by atoms with van der Waals surface area (Å²) in [5, 5.41) is 6.32. The van der Waals surface area contributed by atoms with Crippen LogP contribution in [-0.2, 0) is 16.1 Å². The number of nitrogens with one attached hydrogen (secondary N) is 2. The molecule has 0 bridgehead atoms. The van der Waals surface area contributed by atoms with Gasteiger partial charge in [0.15, 0.2) is 5.96 Å². The standard InChI is InChI=1S/C18H30N4O3/c1-5-19-18(21-13-17(23)22(2)3)20-11-6-12-25-14-15-7-9-16(24-4)10-8-15/h7-10H,5-6,11-14H2,1-4H3,(H2,19,20,21). The number of amides is 1. The van der Waals surface area contributed by atoms with Gasteiger partial charge in [-0.05, 0) is 31.0 Å². The number of hydrogen-bond donors (Lipinski definition) is 2. The van der Waals surface area contributed by atoms with Crippen molar-refractivity contribution in [3.8, 4) is 5.75 Å². The van der Waals surface area contributed by atoms with Gasteiger partial charge in [-0.15, -0.1) is 0 Å². The summed E-state index contributed by atoms with van der Waals surface area (Å²) in [5.41, 5.74) is 1.12. The van der Waals surface area contributed by atoms with E-state index in [1.54, 1.807) is 21.2 Å². The fourth-order valence-electron chi connectivity index (χ4n) is 1.92. The Morgan fingerprint density at radius 2 is 1.92 bits per heavy atom. The third kappa shape index (κ3) is 8.95. The van der Waals surface area contributed by atoms with Gasteiger partial charge in [0, 0.05) is 33.8 Å². The normalized spacial score (nSPS) is 11.1. The highest BCUT2D eigenvalue weighted by molar-refractivity contribution is 5.84. The molecule has 7 nitrogen and oxygen atoms in total. The lowest BCUT2D eigenvalue weighted by Crippen LogP contribution is -2.39. The lowest BCUT2D eigenvalue weighted by Gasteiger charge is -2.12. The van der Waals surface area contributed by atoms with E-state index in [9.17, 15) is 4.79 Å². The first-order valence-electron chi connectivity index (χ1n) is 8.49. The molecule has 0 spiro atoms. The molecule has 0 aliphatic carbocycles. The van der Waals surface area contributed by atoms with Crippen LogP contribution in [0.2, 0.25) is 0 Å². The molecule has 1 aromatic carbocycles. The molecule has 0 fully saturated rings. The first-order valence-corrected chi connectivity index (χ1v) is 8.49. The molecular formula is C18H30N4O3. The molecule has 0 unspecified atom stereocenters. The van der Waals surface area contributed by atoms with Crippen LogP contribution in [0.15, 0.2) is 29.3 Å². The van der Waals surface area contributed by atoms with Crippen LogP contribution in [0.5, 0.6) is 5.75 Å². The van der Waals surface area contributed by atoms with Crippen molar-refractivity contribution >= 4 is 11.9 Å². The monoisotopic (exact) mass is 350 g/mol. The van der Waals surface area contributed by atoms with Crippen molar-refractivity contribution in [2.75, 3.05) is 47.4 Å². The van der Waals surface area contributed by atoms with Crippen LogP contribution < -0.4 is 15.4 Å². The van der Waals surface area contributed by atoms with Gasteiger partial charge in [-0.2, -0.15) is 0 Å². The van der Waals surface area contributed by atoms with Gasteiger partial charge in [0.1, 0.15) is 12.3 Å². The van der Waals surface area contributed by atoms with Crippen molar-refractivity contribution in [2.45, 2.75) is 20.0 Å². The minimum absolute atomic E-state index is 0.0278. The Morgan fingerprint density at radius 3 is 2.52 bits per heavy atom. The maximum atomic E-state index is 11.6. The summed E-state index contributed by atoms with van der Waals surface area (Å²) < 4.78 is 10.8. The van der Waals surface area contributed by atoms with Gasteiger partial charge in [0.2, 0.25) is 5.91 Å². The minimum atomic E-state index is -0.0278. The average Bonchev–Trinajstić information content (AvgIpc) is 2.62. The highest BCUT2D eigenvalue weighted by Crippen LogP contribution is 2.11. The Labute approximate surface area is 150 Å². The second-order valence-electron chi connectivity index (χ2n) is 5.66. The molecular weight excluding hydrogens is 320 g/mol. The van der Waals surface area contributed by atoms with Crippen LogP contribution >= 0.6 is 0 Å². The molecule has 140 valence electrons. The molecule has 1 aromatic rings. The maximum Gasteiger partial charge on any atom is 0.243 e. The SMILES string of the molecule is CCNC(=NCC(=O)N(C)C)NCCCOCc1ccc(OC)cc1. The van der Waals surface area contributed by atoms with Crippen LogP contribution in [0, 0.1) is 0 Å². The van der Waals surface area contributed by atoms with E-state index in [-0.39, 0.29) is 12.5 Å². The third-order valence-electron chi connectivity index (χ3n) is 3.40.